The fraction of sp³-hybridized carbons (Fsp3) is 0.526. The molecule has 10 heteroatoms. The lowest BCUT2D eigenvalue weighted by Crippen LogP contribution is -2.27. The third-order valence-corrected chi connectivity index (χ3v) is 8.85. The second kappa shape index (κ2) is 18.6. The molecular formula is C38H53ClN6O3. The number of aromatic nitrogens is 4. The van der Waals surface area contributed by atoms with Crippen molar-refractivity contribution in [2.45, 2.75) is 123 Å². The van der Waals surface area contributed by atoms with Gasteiger partial charge in [0.25, 0.3) is 5.91 Å². The van der Waals surface area contributed by atoms with Gasteiger partial charge in [-0.05, 0) is 42.8 Å². The molecule has 0 spiro atoms. The van der Waals surface area contributed by atoms with Crippen molar-refractivity contribution >= 4 is 34.9 Å². The number of nitrogens with zero attached hydrogens (tertiary/aromatic N) is 3. The molecule has 2 heterocycles. The zero-order valence-corrected chi connectivity index (χ0v) is 29.9. The van der Waals surface area contributed by atoms with Gasteiger partial charge >= 0.3 is 6.09 Å². The van der Waals surface area contributed by atoms with Gasteiger partial charge in [0.1, 0.15) is 10.8 Å². The van der Waals surface area contributed by atoms with Gasteiger partial charge < -0.3 is 15.4 Å². The summed E-state index contributed by atoms with van der Waals surface area (Å²) in [5.74, 6) is 0.578. The van der Waals surface area contributed by atoms with Crippen molar-refractivity contribution in [2.24, 2.45) is 0 Å². The molecule has 2 amide bonds. The molecule has 0 atom stereocenters. The maximum atomic E-state index is 13.0. The third kappa shape index (κ3) is 11.4. The number of unbranched alkanes of at least 4 members (excludes halogenated alkanes) is 13. The Hall–Kier alpha value is -3.85. The van der Waals surface area contributed by atoms with E-state index in [1.807, 2.05) is 18.2 Å². The number of ether oxygens (including phenoxy) is 1. The number of H-pyrrole nitrogens is 1. The molecule has 0 saturated heterocycles. The van der Waals surface area contributed by atoms with Gasteiger partial charge in [-0.25, -0.2) is 9.78 Å². The predicted octanol–water partition coefficient (Wildman–Crippen LogP) is 10.5. The summed E-state index contributed by atoms with van der Waals surface area (Å²) in [4.78, 5) is 29.8. The average molecular weight is 677 g/mol. The van der Waals surface area contributed by atoms with Gasteiger partial charge in [0.2, 0.25) is 0 Å². The number of carbonyl (C=O) groups excluding carboxylic acids is 2. The molecular weight excluding hydrogens is 624 g/mol. The first-order valence-corrected chi connectivity index (χ1v) is 18.2. The number of rotatable bonds is 19. The molecule has 4 aromatic rings. The minimum Gasteiger partial charge on any atom is -0.410 e. The number of anilines is 1. The second-order valence-electron chi connectivity index (χ2n) is 13.7. The highest BCUT2D eigenvalue weighted by molar-refractivity contribution is 6.34. The van der Waals surface area contributed by atoms with Crippen molar-refractivity contribution in [1.29, 1.82) is 0 Å². The van der Waals surface area contributed by atoms with Crippen molar-refractivity contribution in [3.8, 4) is 17.1 Å². The van der Waals surface area contributed by atoms with E-state index in [1.165, 1.54) is 77.0 Å². The molecule has 0 unspecified atom stereocenters. The van der Waals surface area contributed by atoms with Crippen LogP contribution in [0.1, 0.15) is 134 Å². The average Bonchev–Trinajstić information content (AvgIpc) is 3.62. The van der Waals surface area contributed by atoms with Crippen LogP contribution in [0.2, 0.25) is 5.02 Å². The highest BCUT2D eigenvalue weighted by atomic mass is 35.5. The van der Waals surface area contributed by atoms with Gasteiger partial charge in [-0.2, -0.15) is 4.63 Å². The summed E-state index contributed by atoms with van der Waals surface area (Å²) in [5, 5.41) is 14.0. The van der Waals surface area contributed by atoms with Crippen LogP contribution in [0.4, 0.5) is 10.5 Å². The normalized spacial score (nSPS) is 11.6. The third-order valence-electron chi connectivity index (χ3n) is 8.50. The Morgan fingerprint density at radius 1 is 0.854 bits per heavy atom. The first-order chi connectivity index (χ1) is 23.2. The highest BCUT2D eigenvalue weighted by Gasteiger charge is 2.24. The Kier molecular flexibility index (Phi) is 14.4. The van der Waals surface area contributed by atoms with Crippen molar-refractivity contribution in [3.63, 3.8) is 0 Å². The van der Waals surface area contributed by atoms with E-state index in [2.05, 4.69) is 53.5 Å². The summed E-state index contributed by atoms with van der Waals surface area (Å²) < 4.78 is 6.97. The first kappa shape index (κ1) is 37.0. The summed E-state index contributed by atoms with van der Waals surface area (Å²) in [5.41, 5.74) is 3.01. The number of hydrogen-bond acceptors (Lipinski definition) is 5. The van der Waals surface area contributed by atoms with E-state index in [0.717, 1.165) is 24.1 Å². The lowest BCUT2D eigenvalue weighted by atomic mass is 9.92. The van der Waals surface area contributed by atoms with Crippen molar-refractivity contribution < 1.29 is 14.3 Å². The summed E-state index contributed by atoms with van der Waals surface area (Å²) >= 11 is 6.58. The Bertz CT molecular complexity index is 1590. The number of hydrogen-bond donors (Lipinski definition) is 3. The number of aromatic amines is 1. The predicted molar refractivity (Wildman–Crippen MR) is 195 cm³/mol. The quantitative estimate of drug-likeness (QED) is 0.0855. The maximum absolute atomic E-state index is 13.0. The van der Waals surface area contributed by atoms with Gasteiger partial charge in [0.05, 0.1) is 5.69 Å². The number of fused-ring (bicyclic) bond motifs is 1. The molecule has 0 radical (unpaired) electrons. The minimum absolute atomic E-state index is 0.175. The van der Waals surface area contributed by atoms with Crippen LogP contribution in [0.25, 0.3) is 17.0 Å². The van der Waals surface area contributed by atoms with E-state index < -0.39 is 6.09 Å². The molecule has 4 rings (SSSR count). The molecule has 260 valence electrons. The number of halogens is 1. The zero-order chi connectivity index (χ0) is 34.4. The molecule has 48 heavy (non-hydrogen) atoms. The Morgan fingerprint density at radius 3 is 2.04 bits per heavy atom. The van der Waals surface area contributed by atoms with Gasteiger partial charge in [-0.3, -0.25) is 9.89 Å². The lowest BCUT2D eigenvalue weighted by Gasteiger charge is -2.16. The summed E-state index contributed by atoms with van der Waals surface area (Å²) in [6.07, 6.45) is 17.7. The largest absolute Gasteiger partial charge is 0.412 e. The van der Waals surface area contributed by atoms with E-state index in [4.69, 9.17) is 16.3 Å². The summed E-state index contributed by atoms with van der Waals surface area (Å²) in [6, 6.07) is 13.8. The molecule has 0 aliphatic carbocycles. The van der Waals surface area contributed by atoms with Gasteiger partial charge in [0, 0.05) is 28.8 Å². The standard InChI is InChI=1S/C38H53ClN6O3/c1-5-6-7-8-9-10-11-12-13-14-15-16-17-18-26-40-37(47)48-31-24-22-28(23-25-31)36(46)41-30-21-19-20-29(27-30)34-42-35-32(39)33(38(2,3)4)43-45(35)44-34/h19-25,27,43H,5-18,26H2,1-4H3,(H,40,47)(H,41,46). The van der Waals surface area contributed by atoms with E-state index in [0.29, 0.717) is 40.0 Å². The van der Waals surface area contributed by atoms with Crippen LogP contribution >= 0.6 is 11.6 Å². The van der Waals surface area contributed by atoms with Crippen molar-refractivity contribution in [1.82, 2.24) is 25.1 Å². The molecule has 2 aromatic heterocycles. The van der Waals surface area contributed by atoms with Crippen LogP contribution in [0, 0.1) is 0 Å². The van der Waals surface area contributed by atoms with E-state index in [-0.39, 0.29) is 11.3 Å². The second-order valence-corrected chi connectivity index (χ2v) is 14.1. The first-order valence-electron chi connectivity index (χ1n) is 17.8. The molecule has 0 aliphatic heterocycles. The minimum atomic E-state index is -0.487. The molecule has 3 N–H and O–H groups in total. The number of nitrogens with one attached hydrogen (secondary N) is 3. The van der Waals surface area contributed by atoms with Crippen molar-refractivity contribution in [3.05, 3.63) is 64.8 Å². The SMILES string of the molecule is CCCCCCCCCCCCCCCCNC(=O)Oc1ccc(C(=O)Nc2cccc(-c3nc4c(Cl)c(C(C)(C)C)[nH]n4n3)c2)cc1. The Morgan fingerprint density at radius 2 is 1.46 bits per heavy atom. The molecule has 0 aliphatic rings. The molecule has 2 aromatic carbocycles. The number of benzene rings is 2. The van der Waals surface area contributed by atoms with Crippen molar-refractivity contribution in [2.75, 3.05) is 11.9 Å². The van der Waals surface area contributed by atoms with E-state index in [1.54, 1.807) is 35.0 Å². The lowest BCUT2D eigenvalue weighted by molar-refractivity contribution is 0.102. The van der Waals surface area contributed by atoms with E-state index in [9.17, 15) is 9.59 Å². The number of amides is 2. The van der Waals surface area contributed by atoms with Crippen LogP contribution in [-0.4, -0.2) is 38.4 Å². The molecule has 0 saturated carbocycles. The van der Waals surface area contributed by atoms with Crippen LogP contribution in [0.15, 0.2) is 48.5 Å². The summed E-state index contributed by atoms with van der Waals surface area (Å²) in [7, 11) is 0. The highest BCUT2D eigenvalue weighted by Crippen LogP contribution is 2.32. The molecule has 0 fully saturated rings. The van der Waals surface area contributed by atoms with Gasteiger partial charge in [0.15, 0.2) is 11.5 Å². The van der Waals surface area contributed by atoms with E-state index >= 15 is 0 Å². The molecule has 9 nitrogen and oxygen atoms in total. The monoisotopic (exact) mass is 676 g/mol. The molecule has 0 bridgehead atoms. The smallest absolute Gasteiger partial charge is 0.410 e. The Balaban J connectivity index is 1.12. The van der Waals surface area contributed by atoms with Crippen LogP contribution in [-0.2, 0) is 5.41 Å². The number of carbonyl (C=O) groups is 2. The van der Waals surface area contributed by atoms with Crippen LogP contribution in [0.5, 0.6) is 5.75 Å². The fourth-order valence-electron chi connectivity index (χ4n) is 5.68. The summed E-state index contributed by atoms with van der Waals surface area (Å²) in [6.45, 7) is 9.05. The van der Waals surface area contributed by atoms with Crippen LogP contribution in [0.3, 0.4) is 0 Å². The maximum Gasteiger partial charge on any atom is 0.412 e. The van der Waals surface area contributed by atoms with Gasteiger partial charge in [-0.1, -0.05) is 135 Å². The van der Waals surface area contributed by atoms with Crippen LogP contribution < -0.4 is 15.4 Å². The zero-order valence-electron chi connectivity index (χ0n) is 29.2. The fourth-order valence-corrected chi connectivity index (χ4v) is 6.13. The van der Waals surface area contributed by atoms with Gasteiger partial charge in [-0.15, -0.1) is 5.10 Å². The topological polar surface area (TPSA) is 113 Å². The Labute approximate surface area is 290 Å².